The Balaban J connectivity index is 4.27. The fourth-order valence-corrected chi connectivity index (χ4v) is 9.91. The Hall–Kier alpha value is -3.36. The number of carbonyl (C=O) groups is 1. The molecule has 0 aromatic rings. The van der Waals surface area contributed by atoms with E-state index >= 15 is 0 Å². The minimum atomic E-state index is -4.63. The van der Waals surface area contributed by atoms with Crippen LogP contribution in [0.25, 0.3) is 0 Å². The molecule has 0 aliphatic carbocycles. The number of unbranched alkanes of at least 4 members (excludes halogenated alkanes) is 27. The van der Waals surface area contributed by atoms with Crippen molar-refractivity contribution in [1.29, 1.82) is 0 Å². The second-order valence-corrected chi connectivity index (χ2v) is 24.9. The third-order valence-electron chi connectivity index (χ3n) is 14.4. The van der Waals surface area contributed by atoms with Crippen molar-refractivity contribution < 1.29 is 32.9 Å². The summed E-state index contributed by atoms with van der Waals surface area (Å²) in [7, 11) is 1.22. The Labute approximate surface area is 506 Å². The van der Waals surface area contributed by atoms with Crippen LogP contribution in [0.3, 0.4) is 0 Å². The number of phosphoric acid groups is 1. The summed E-state index contributed by atoms with van der Waals surface area (Å²) < 4.78 is 23.4. The van der Waals surface area contributed by atoms with E-state index in [0.717, 1.165) is 96.3 Å². The smallest absolute Gasteiger partial charge is 0.268 e. The second kappa shape index (κ2) is 62.2. The van der Waals surface area contributed by atoms with E-state index < -0.39 is 26.6 Å². The van der Waals surface area contributed by atoms with Gasteiger partial charge in [-0.2, -0.15) is 0 Å². The standard InChI is InChI=1S/C73H127N2O6P/c1-6-8-10-12-14-16-18-20-22-24-26-28-30-32-34-35-36-37-38-39-41-43-45-47-49-51-53-55-57-59-61-63-65-67-73(77)74-71(70-81-82(78,79)80-69-68-75(3,4)5)72(76)66-64-62-60-58-56-54-52-50-48-46-44-42-40-33-31-29-27-25-23-21-19-17-15-13-11-9-7-2/h8,10,14,16,20,22,26,28,32,34,36-37,39,41,45,47,51,53,57,59,64,66,71-72,76H,6-7,9,11-13,15,17-19,21,23-25,27,29-31,33,35,38,40,42-44,46,48-50,52,54-56,58,60-63,65,67-70H2,1-5H3,(H-,74,77,78,79)/b10-8-,16-14-,22-20-,28-26-,34-32-,37-36-,41-39-,47-45-,53-51-,59-57-,66-64+. The molecule has 3 atom stereocenters. The summed E-state index contributed by atoms with van der Waals surface area (Å²) in [6, 6.07) is -0.922. The predicted octanol–water partition coefficient (Wildman–Crippen LogP) is 20.8. The van der Waals surface area contributed by atoms with Crippen LogP contribution < -0.4 is 10.2 Å². The van der Waals surface area contributed by atoms with Gasteiger partial charge in [0.25, 0.3) is 7.82 Å². The lowest BCUT2D eigenvalue weighted by molar-refractivity contribution is -0.870. The van der Waals surface area contributed by atoms with Gasteiger partial charge in [0.05, 0.1) is 39.9 Å². The molecule has 0 aromatic heterocycles. The zero-order valence-electron chi connectivity index (χ0n) is 53.6. The number of allylic oxidation sites excluding steroid dienone is 21. The molecule has 8 nitrogen and oxygen atoms in total. The molecule has 3 unspecified atom stereocenters. The number of nitrogens with one attached hydrogen (secondary N) is 1. The molecule has 0 heterocycles. The highest BCUT2D eigenvalue weighted by Gasteiger charge is 2.23. The molecule has 470 valence electrons. The molecule has 0 aliphatic rings. The monoisotopic (exact) mass is 1160 g/mol. The van der Waals surface area contributed by atoms with Gasteiger partial charge in [-0.1, -0.05) is 302 Å². The predicted molar refractivity (Wildman–Crippen MR) is 357 cm³/mol. The molecule has 82 heavy (non-hydrogen) atoms. The Bertz CT molecular complexity index is 1800. The Morgan fingerprint density at radius 1 is 0.439 bits per heavy atom. The number of aliphatic hydroxyl groups excluding tert-OH is 1. The highest BCUT2D eigenvalue weighted by molar-refractivity contribution is 7.45. The van der Waals surface area contributed by atoms with Crippen LogP contribution in [0.1, 0.15) is 271 Å². The summed E-state index contributed by atoms with van der Waals surface area (Å²) in [5.74, 6) is -0.242. The van der Waals surface area contributed by atoms with Gasteiger partial charge in [-0.25, -0.2) is 0 Å². The number of likely N-dealkylation sites (N-methyl/N-ethyl adjacent to an activating group) is 1. The van der Waals surface area contributed by atoms with Crippen LogP contribution in [-0.4, -0.2) is 68.5 Å². The van der Waals surface area contributed by atoms with Gasteiger partial charge in [0.15, 0.2) is 0 Å². The van der Waals surface area contributed by atoms with Crippen molar-refractivity contribution >= 4 is 13.7 Å². The SMILES string of the molecule is CC/C=C\C/C=C\C/C=C\C/C=C\C/C=C\C/C=C\C/C=C\C/C=C\C/C=C\C/C=C\CCCCC(=O)NC(COP(=O)([O-])OCC[N+](C)(C)C)C(O)/C=C/CCCCCCCCCCCCCCCCCCCCCCCCCCC. The summed E-state index contributed by atoms with van der Waals surface area (Å²) in [6.07, 6.45) is 94.2. The van der Waals surface area contributed by atoms with Crippen LogP contribution in [0.4, 0.5) is 0 Å². The van der Waals surface area contributed by atoms with E-state index in [1.54, 1.807) is 6.08 Å². The van der Waals surface area contributed by atoms with Crippen molar-refractivity contribution in [1.82, 2.24) is 5.32 Å². The zero-order valence-corrected chi connectivity index (χ0v) is 54.5. The molecule has 0 aromatic carbocycles. The van der Waals surface area contributed by atoms with Gasteiger partial charge < -0.3 is 28.8 Å². The molecular formula is C73H127N2O6P. The maximum absolute atomic E-state index is 13.0. The fourth-order valence-electron chi connectivity index (χ4n) is 9.18. The number of phosphoric ester groups is 1. The highest BCUT2D eigenvalue weighted by Crippen LogP contribution is 2.38. The number of aliphatic hydroxyl groups is 1. The maximum atomic E-state index is 13.0. The lowest BCUT2D eigenvalue weighted by Gasteiger charge is -2.29. The van der Waals surface area contributed by atoms with Gasteiger partial charge in [-0.15, -0.1) is 0 Å². The van der Waals surface area contributed by atoms with Crippen LogP contribution in [0.15, 0.2) is 134 Å². The highest BCUT2D eigenvalue weighted by atomic mass is 31.2. The normalized spacial score (nSPS) is 14.6. The van der Waals surface area contributed by atoms with Crippen LogP contribution in [0.2, 0.25) is 0 Å². The van der Waals surface area contributed by atoms with E-state index in [4.69, 9.17) is 9.05 Å². The molecule has 0 saturated heterocycles. The van der Waals surface area contributed by atoms with E-state index in [-0.39, 0.29) is 18.9 Å². The molecule has 2 N–H and O–H groups in total. The van der Waals surface area contributed by atoms with Crippen LogP contribution >= 0.6 is 7.82 Å². The summed E-state index contributed by atoms with van der Waals surface area (Å²) in [5, 5.41) is 13.9. The molecule has 0 aliphatic heterocycles. The number of hydrogen-bond acceptors (Lipinski definition) is 6. The van der Waals surface area contributed by atoms with Gasteiger partial charge in [-0.05, 0) is 96.3 Å². The Morgan fingerprint density at radius 3 is 1.09 bits per heavy atom. The number of quaternary nitrogens is 1. The van der Waals surface area contributed by atoms with Gasteiger partial charge in [-0.3, -0.25) is 9.36 Å². The van der Waals surface area contributed by atoms with E-state index in [9.17, 15) is 19.4 Å². The molecule has 1 amide bonds. The van der Waals surface area contributed by atoms with Crippen LogP contribution in [0.5, 0.6) is 0 Å². The van der Waals surface area contributed by atoms with Crippen LogP contribution in [0, 0.1) is 0 Å². The molecule has 0 spiro atoms. The molecule has 0 rings (SSSR count). The lowest BCUT2D eigenvalue weighted by atomic mass is 10.0. The minimum absolute atomic E-state index is 0.0167. The molecule has 9 heteroatoms. The first-order valence-corrected chi connectivity index (χ1v) is 35.0. The van der Waals surface area contributed by atoms with E-state index in [0.29, 0.717) is 17.4 Å². The average molecular weight is 1160 g/mol. The van der Waals surface area contributed by atoms with E-state index in [1.807, 2.05) is 27.2 Å². The largest absolute Gasteiger partial charge is 0.756 e. The van der Waals surface area contributed by atoms with Crippen molar-refractivity contribution in [2.75, 3.05) is 40.9 Å². The number of nitrogens with zero attached hydrogens (tertiary/aromatic N) is 1. The number of amides is 1. The number of rotatable bonds is 60. The Kier molecular flexibility index (Phi) is 59.6. The second-order valence-electron chi connectivity index (χ2n) is 23.4. The van der Waals surface area contributed by atoms with E-state index in [2.05, 4.69) is 141 Å². The summed E-state index contributed by atoms with van der Waals surface area (Å²) >= 11 is 0. The fraction of sp³-hybridized carbons (Fsp3) is 0.685. The van der Waals surface area contributed by atoms with Crippen LogP contribution in [-0.2, 0) is 18.4 Å². The van der Waals surface area contributed by atoms with Crippen molar-refractivity contribution in [2.45, 2.75) is 283 Å². The van der Waals surface area contributed by atoms with Crippen molar-refractivity contribution in [3.05, 3.63) is 134 Å². The molecule has 0 bridgehead atoms. The molecule has 0 radical (unpaired) electrons. The van der Waals surface area contributed by atoms with Gasteiger partial charge in [0.2, 0.25) is 5.91 Å². The first-order chi connectivity index (χ1) is 40.0. The summed E-state index contributed by atoms with van der Waals surface area (Å²) in [6.45, 7) is 4.51. The zero-order chi connectivity index (χ0) is 59.8. The molecule has 0 saturated carbocycles. The van der Waals surface area contributed by atoms with Gasteiger partial charge in [0, 0.05) is 6.42 Å². The Morgan fingerprint density at radius 2 is 0.744 bits per heavy atom. The van der Waals surface area contributed by atoms with Crippen molar-refractivity contribution in [2.24, 2.45) is 0 Å². The average Bonchev–Trinajstić information content (AvgIpc) is 3.47. The number of hydrogen-bond donors (Lipinski definition) is 2. The van der Waals surface area contributed by atoms with E-state index in [1.165, 1.54) is 148 Å². The van der Waals surface area contributed by atoms with Gasteiger partial charge in [0.1, 0.15) is 13.2 Å². The van der Waals surface area contributed by atoms with Crippen molar-refractivity contribution in [3.63, 3.8) is 0 Å². The molecular weight excluding hydrogens is 1030 g/mol. The lowest BCUT2D eigenvalue weighted by Crippen LogP contribution is -2.45. The molecule has 0 fully saturated rings. The third kappa shape index (κ3) is 64.2. The quantitative estimate of drug-likeness (QED) is 0.0272. The topological polar surface area (TPSA) is 108 Å². The maximum Gasteiger partial charge on any atom is 0.268 e. The minimum Gasteiger partial charge on any atom is -0.756 e. The third-order valence-corrected chi connectivity index (χ3v) is 15.3. The first kappa shape index (κ1) is 78.6. The first-order valence-electron chi connectivity index (χ1n) is 33.5. The summed E-state index contributed by atoms with van der Waals surface area (Å²) in [5.41, 5.74) is 0. The number of carbonyl (C=O) groups excluding carboxylic acids is 1. The summed E-state index contributed by atoms with van der Waals surface area (Å²) in [4.78, 5) is 25.6. The van der Waals surface area contributed by atoms with Crippen molar-refractivity contribution in [3.8, 4) is 0 Å². The van der Waals surface area contributed by atoms with Gasteiger partial charge >= 0.3 is 0 Å².